The Morgan fingerprint density at radius 1 is 1.18 bits per heavy atom. The van der Waals surface area contributed by atoms with Crippen LogP contribution in [0.5, 0.6) is 11.5 Å². The molecule has 4 aromatic rings. The number of imidazole rings is 1. The van der Waals surface area contributed by atoms with Crippen molar-refractivity contribution >= 4 is 28.7 Å². The molecule has 5 rings (SSSR count). The summed E-state index contributed by atoms with van der Waals surface area (Å²) in [7, 11) is 0. The number of rotatable bonds is 8. The average molecular weight is 467 g/mol. The minimum absolute atomic E-state index is 0.201. The third-order valence-corrected chi connectivity index (χ3v) is 6.32. The first-order valence-corrected chi connectivity index (χ1v) is 11.7. The summed E-state index contributed by atoms with van der Waals surface area (Å²) in [6.45, 7) is 8.92. The van der Waals surface area contributed by atoms with Crippen molar-refractivity contribution in [2.45, 2.75) is 37.4 Å². The third kappa shape index (κ3) is 4.36. The largest absolute Gasteiger partial charge is 0.461 e. The van der Waals surface area contributed by atoms with Gasteiger partial charge in [-0.2, -0.15) is 0 Å². The van der Waals surface area contributed by atoms with Crippen LogP contribution >= 0.6 is 11.8 Å². The Balaban J connectivity index is 1.55. The van der Waals surface area contributed by atoms with Crippen molar-refractivity contribution in [3.8, 4) is 22.8 Å². The first kappa shape index (κ1) is 21.6. The van der Waals surface area contributed by atoms with E-state index in [1.807, 2.05) is 31.2 Å². The number of ether oxygens (including phenoxy) is 2. The van der Waals surface area contributed by atoms with Gasteiger partial charge in [-0.05, 0) is 43.7 Å². The number of aromatic nitrogens is 4. The zero-order valence-electron chi connectivity index (χ0n) is 18.8. The van der Waals surface area contributed by atoms with E-state index in [1.54, 1.807) is 0 Å². The number of fused-ring (bicyclic) bond motifs is 2. The molecule has 0 fully saturated rings. The second kappa shape index (κ2) is 8.95. The molecule has 10 heteroatoms. The maximum Gasteiger partial charge on any atom is 0.231 e. The van der Waals surface area contributed by atoms with Crippen LogP contribution < -0.4 is 20.5 Å². The number of furan rings is 1. The van der Waals surface area contributed by atoms with Gasteiger partial charge in [-0.1, -0.05) is 25.6 Å². The normalized spacial score (nSPS) is 12.8. The first-order valence-electron chi connectivity index (χ1n) is 10.9. The van der Waals surface area contributed by atoms with E-state index in [2.05, 4.69) is 33.7 Å². The summed E-state index contributed by atoms with van der Waals surface area (Å²) in [6, 6.07) is 7.82. The van der Waals surface area contributed by atoms with E-state index in [4.69, 9.17) is 24.6 Å². The molecule has 0 spiro atoms. The number of aryl methyl sites for hydroxylation is 1. The maximum absolute atomic E-state index is 6.12. The fourth-order valence-electron chi connectivity index (χ4n) is 3.67. The average Bonchev–Trinajstić information content (AvgIpc) is 3.50. The van der Waals surface area contributed by atoms with Gasteiger partial charge in [0.05, 0.1) is 0 Å². The molecule has 172 valence electrons. The van der Waals surface area contributed by atoms with E-state index in [-0.39, 0.29) is 6.79 Å². The molecule has 4 heterocycles. The number of nitrogens with zero attached hydrogens (tertiary/aromatic N) is 4. The van der Waals surface area contributed by atoms with E-state index < -0.39 is 0 Å². The lowest BCUT2D eigenvalue weighted by molar-refractivity contribution is 0.174. The Bertz CT molecular complexity index is 1300. The standard InChI is InChI=1S/C23H26N6O3S/c1-13(2)10-25-6-7-29-22-20(21(24)26-11-27-22)28-23(29)33-19-9-18-17(30-12-31-18)8-15(19)16-5-4-14(3)32-16/h4-5,8-9,11,13,25H,6-7,10,12H2,1-3H3,(H2,24,26,27). The molecule has 33 heavy (non-hydrogen) atoms. The van der Waals surface area contributed by atoms with Crippen molar-refractivity contribution in [3.63, 3.8) is 0 Å². The quantitative estimate of drug-likeness (QED) is 0.370. The molecule has 3 N–H and O–H groups in total. The summed E-state index contributed by atoms with van der Waals surface area (Å²) in [5, 5.41) is 4.25. The second-order valence-corrected chi connectivity index (χ2v) is 9.30. The fraction of sp³-hybridized carbons (Fsp3) is 0.348. The van der Waals surface area contributed by atoms with Crippen LogP contribution in [0.2, 0.25) is 0 Å². The fourth-order valence-corrected chi connectivity index (χ4v) is 4.73. The van der Waals surface area contributed by atoms with Crippen LogP contribution in [0.1, 0.15) is 19.6 Å². The van der Waals surface area contributed by atoms with Crippen LogP contribution in [0, 0.1) is 12.8 Å². The number of nitrogens with one attached hydrogen (secondary N) is 1. The highest BCUT2D eigenvalue weighted by Gasteiger charge is 2.23. The van der Waals surface area contributed by atoms with E-state index in [0.29, 0.717) is 40.9 Å². The van der Waals surface area contributed by atoms with Crippen LogP contribution in [0.4, 0.5) is 5.82 Å². The Labute approximate surface area is 195 Å². The van der Waals surface area contributed by atoms with Crippen LogP contribution in [0.3, 0.4) is 0 Å². The molecule has 0 radical (unpaired) electrons. The van der Waals surface area contributed by atoms with Crippen molar-refractivity contribution in [1.29, 1.82) is 0 Å². The molecule has 0 atom stereocenters. The number of nitrogens with two attached hydrogens (primary N) is 1. The smallest absolute Gasteiger partial charge is 0.231 e. The minimum Gasteiger partial charge on any atom is -0.461 e. The predicted molar refractivity (Wildman–Crippen MR) is 127 cm³/mol. The molecule has 0 bridgehead atoms. The lowest BCUT2D eigenvalue weighted by Gasteiger charge is -2.12. The van der Waals surface area contributed by atoms with Gasteiger partial charge in [-0.25, -0.2) is 15.0 Å². The number of hydrogen-bond donors (Lipinski definition) is 2. The highest BCUT2D eigenvalue weighted by atomic mass is 32.2. The zero-order chi connectivity index (χ0) is 22.9. The van der Waals surface area contributed by atoms with Crippen molar-refractivity contribution in [2.75, 3.05) is 25.6 Å². The number of nitrogen functional groups attached to an aromatic ring is 1. The lowest BCUT2D eigenvalue weighted by Crippen LogP contribution is -2.24. The topological polar surface area (TPSA) is 113 Å². The Hall–Kier alpha value is -3.24. The highest BCUT2D eigenvalue weighted by Crippen LogP contribution is 2.45. The molecule has 0 aliphatic carbocycles. The molecule has 1 aliphatic rings. The van der Waals surface area contributed by atoms with Crippen molar-refractivity contribution in [1.82, 2.24) is 24.8 Å². The number of hydrogen-bond acceptors (Lipinski definition) is 9. The zero-order valence-corrected chi connectivity index (χ0v) is 19.6. The molecule has 0 unspecified atom stereocenters. The minimum atomic E-state index is 0.201. The summed E-state index contributed by atoms with van der Waals surface area (Å²) >= 11 is 1.51. The van der Waals surface area contributed by atoms with E-state index in [0.717, 1.165) is 40.2 Å². The van der Waals surface area contributed by atoms with Crippen LogP contribution in [0.25, 0.3) is 22.5 Å². The van der Waals surface area contributed by atoms with Gasteiger partial charge >= 0.3 is 0 Å². The predicted octanol–water partition coefficient (Wildman–Crippen LogP) is 4.10. The number of benzene rings is 1. The van der Waals surface area contributed by atoms with Gasteiger partial charge in [0.1, 0.15) is 17.8 Å². The first-order chi connectivity index (χ1) is 16.0. The molecule has 0 saturated heterocycles. The third-order valence-electron chi connectivity index (χ3n) is 5.27. The SMILES string of the molecule is Cc1ccc(-c2cc3c(cc2Sc2nc4c(N)ncnc4n2CCNCC(C)C)OCO3)o1. The summed E-state index contributed by atoms with van der Waals surface area (Å²) in [6.07, 6.45) is 1.48. The monoisotopic (exact) mass is 466 g/mol. The van der Waals surface area contributed by atoms with Crippen molar-refractivity contribution in [3.05, 3.63) is 36.4 Å². The van der Waals surface area contributed by atoms with E-state index in [9.17, 15) is 0 Å². The van der Waals surface area contributed by atoms with Gasteiger partial charge in [0.15, 0.2) is 33.6 Å². The van der Waals surface area contributed by atoms with Crippen LogP contribution in [-0.2, 0) is 6.54 Å². The highest BCUT2D eigenvalue weighted by molar-refractivity contribution is 7.99. The van der Waals surface area contributed by atoms with Gasteiger partial charge in [0.2, 0.25) is 6.79 Å². The summed E-state index contributed by atoms with van der Waals surface area (Å²) in [5.41, 5.74) is 8.34. The second-order valence-electron chi connectivity index (χ2n) is 8.29. The molecule has 1 aliphatic heterocycles. The van der Waals surface area contributed by atoms with E-state index in [1.165, 1.54) is 18.1 Å². The van der Waals surface area contributed by atoms with Crippen molar-refractivity contribution < 1.29 is 13.9 Å². The Morgan fingerprint density at radius 2 is 2.00 bits per heavy atom. The lowest BCUT2D eigenvalue weighted by atomic mass is 10.1. The summed E-state index contributed by atoms with van der Waals surface area (Å²) in [5.74, 6) is 3.93. The summed E-state index contributed by atoms with van der Waals surface area (Å²) < 4.78 is 19.3. The van der Waals surface area contributed by atoms with Crippen LogP contribution in [0.15, 0.2) is 45.1 Å². The van der Waals surface area contributed by atoms with Crippen LogP contribution in [-0.4, -0.2) is 39.4 Å². The van der Waals surface area contributed by atoms with Gasteiger partial charge in [-0.15, -0.1) is 0 Å². The molecule has 0 saturated carbocycles. The molecular weight excluding hydrogens is 440 g/mol. The van der Waals surface area contributed by atoms with Crippen molar-refractivity contribution in [2.24, 2.45) is 5.92 Å². The Kier molecular flexibility index (Phi) is 5.86. The molecule has 1 aromatic carbocycles. The van der Waals surface area contributed by atoms with E-state index >= 15 is 0 Å². The summed E-state index contributed by atoms with van der Waals surface area (Å²) in [4.78, 5) is 14.3. The van der Waals surface area contributed by atoms with Gasteiger partial charge in [0.25, 0.3) is 0 Å². The molecule has 9 nitrogen and oxygen atoms in total. The molecule has 3 aromatic heterocycles. The Morgan fingerprint density at radius 3 is 2.76 bits per heavy atom. The maximum atomic E-state index is 6.12. The molecular formula is C23H26N6O3S. The molecule has 0 amide bonds. The van der Waals surface area contributed by atoms with Gasteiger partial charge in [0, 0.05) is 23.5 Å². The van der Waals surface area contributed by atoms with Gasteiger partial charge < -0.3 is 29.5 Å². The van der Waals surface area contributed by atoms with Gasteiger partial charge in [-0.3, -0.25) is 0 Å². The number of anilines is 1.